The van der Waals surface area contributed by atoms with E-state index in [1.807, 2.05) is 42.2 Å². The van der Waals surface area contributed by atoms with Gasteiger partial charge in [0.25, 0.3) is 0 Å². The molecule has 1 aliphatic rings. The van der Waals surface area contributed by atoms with Gasteiger partial charge in [-0.3, -0.25) is 4.90 Å². The van der Waals surface area contributed by atoms with Gasteiger partial charge in [0, 0.05) is 6.54 Å². The van der Waals surface area contributed by atoms with Gasteiger partial charge in [-0.25, -0.2) is 0 Å². The average Bonchev–Trinajstić information content (AvgIpc) is 2.52. The minimum absolute atomic E-state index is 0.149. The number of halogens is 2. The van der Waals surface area contributed by atoms with Crippen molar-refractivity contribution < 1.29 is 23.0 Å². The summed E-state index contributed by atoms with van der Waals surface area (Å²) in [5, 5.41) is 0. The molecular formula is C16H21F2NO3. The van der Waals surface area contributed by atoms with Crippen molar-refractivity contribution in [2.45, 2.75) is 38.1 Å². The van der Waals surface area contributed by atoms with Crippen molar-refractivity contribution in [2.24, 2.45) is 0 Å². The first kappa shape index (κ1) is 17.0. The molecule has 1 aromatic carbocycles. The van der Waals surface area contributed by atoms with Gasteiger partial charge >= 0.3 is 6.61 Å². The summed E-state index contributed by atoms with van der Waals surface area (Å²) >= 11 is 0. The van der Waals surface area contributed by atoms with E-state index in [1.165, 1.54) is 0 Å². The number of nitrogens with zero attached hydrogens (tertiary/aromatic N) is 1. The molecule has 1 saturated heterocycles. The van der Waals surface area contributed by atoms with Crippen molar-refractivity contribution in [2.75, 3.05) is 19.8 Å². The molecule has 0 N–H and O–H groups in total. The highest BCUT2D eigenvalue weighted by molar-refractivity contribution is 5.59. The molecule has 0 radical (unpaired) electrons. The van der Waals surface area contributed by atoms with Crippen LogP contribution in [0.15, 0.2) is 30.3 Å². The number of ether oxygens (including phenoxy) is 2. The SMILES string of the molecule is CC1OCC(COC(F)F)N(CCc2ccccc2)C1C=O. The summed E-state index contributed by atoms with van der Waals surface area (Å²) in [5.74, 6) is 0. The van der Waals surface area contributed by atoms with E-state index in [0.29, 0.717) is 6.54 Å². The molecule has 1 fully saturated rings. The Labute approximate surface area is 129 Å². The quantitative estimate of drug-likeness (QED) is 0.723. The van der Waals surface area contributed by atoms with Gasteiger partial charge in [0.15, 0.2) is 0 Å². The molecule has 0 aromatic heterocycles. The van der Waals surface area contributed by atoms with Gasteiger partial charge in [0.2, 0.25) is 0 Å². The largest absolute Gasteiger partial charge is 0.375 e. The summed E-state index contributed by atoms with van der Waals surface area (Å²) in [5.41, 5.74) is 1.14. The smallest absolute Gasteiger partial charge is 0.345 e. The van der Waals surface area contributed by atoms with Gasteiger partial charge in [-0.2, -0.15) is 8.78 Å². The lowest BCUT2D eigenvalue weighted by molar-refractivity contribution is -0.170. The lowest BCUT2D eigenvalue weighted by Gasteiger charge is -2.42. The Hall–Kier alpha value is -1.37. The molecule has 1 aliphatic heterocycles. The van der Waals surface area contributed by atoms with Crippen molar-refractivity contribution in [1.82, 2.24) is 4.90 Å². The molecule has 122 valence electrons. The summed E-state index contributed by atoms with van der Waals surface area (Å²) in [7, 11) is 0. The molecule has 22 heavy (non-hydrogen) atoms. The average molecular weight is 313 g/mol. The highest BCUT2D eigenvalue weighted by atomic mass is 19.3. The third-order valence-electron chi connectivity index (χ3n) is 3.94. The molecule has 1 aromatic rings. The lowest BCUT2D eigenvalue weighted by atomic mass is 10.0. The van der Waals surface area contributed by atoms with Gasteiger partial charge in [0.05, 0.1) is 31.4 Å². The number of alkyl halides is 2. The van der Waals surface area contributed by atoms with Gasteiger partial charge in [-0.15, -0.1) is 0 Å². The minimum atomic E-state index is -2.81. The summed E-state index contributed by atoms with van der Waals surface area (Å²) in [6, 6.07) is 9.06. The van der Waals surface area contributed by atoms with E-state index in [-0.39, 0.29) is 25.4 Å². The first-order chi connectivity index (χ1) is 10.6. The van der Waals surface area contributed by atoms with E-state index in [9.17, 15) is 13.6 Å². The van der Waals surface area contributed by atoms with Gasteiger partial charge in [-0.1, -0.05) is 30.3 Å². The van der Waals surface area contributed by atoms with Crippen LogP contribution in [0.5, 0.6) is 0 Å². The van der Waals surface area contributed by atoms with Crippen LogP contribution < -0.4 is 0 Å². The van der Waals surface area contributed by atoms with E-state index in [4.69, 9.17) is 4.74 Å². The maximum atomic E-state index is 12.3. The highest BCUT2D eigenvalue weighted by Gasteiger charge is 2.36. The summed E-state index contributed by atoms with van der Waals surface area (Å²) in [6.07, 6.45) is 1.31. The van der Waals surface area contributed by atoms with Gasteiger partial charge in [-0.05, 0) is 18.9 Å². The fourth-order valence-electron chi connectivity index (χ4n) is 2.72. The van der Waals surface area contributed by atoms with Gasteiger partial charge in [0.1, 0.15) is 6.29 Å². The Bertz CT molecular complexity index is 458. The lowest BCUT2D eigenvalue weighted by Crippen LogP contribution is -2.58. The van der Waals surface area contributed by atoms with E-state index >= 15 is 0 Å². The molecule has 6 heteroatoms. The van der Waals surface area contributed by atoms with Crippen LogP contribution in [-0.4, -0.2) is 55.7 Å². The van der Waals surface area contributed by atoms with E-state index in [0.717, 1.165) is 18.3 Å². The van der Waals surface area contributed by atoms with Crippen molar-refractivity contribution in [3.8, 4) is 0 Å². The molecule has 0 aliphatic carbocycles. The second-order valence-electron chi connectivity index (χ2n) is 5.39. The first-order valence-corrected chi connectivity index (χ1v) is 7.38. The predicted molar refractivity (Wildman–Crippen MR) is 77.9 cm³/mol. The topological polar surface area (TPSA) is 38.8 Å². The minimum Gasteiger partial charge on any atom is -0.375 e. The molecule has 1 heterocycles. The summed E-state index contributed by atoms with van der Waals surface area (Å²) in [4.78, 5) is 13.3. The van der Waals surface area contributed by atoms with Crippen LogP contribution in [0.2, 0.25) is 0 Å². The number of hydrogen-bond donors (Lipinski definition) is 0. The molecule has 0 amide bonds. The maximum absolute atomic E-state index is 12.3. The number of benzene rings is 1. The molecular weight excluding hydrogens is 292 g/mol. The standard InChI is InChI=1S/C16H21F2NO3/c1-12-15(9-20)19(8-7-13-5-3-2-4-6-13)14(10-21-12)11-22-16(17)18/h2-6,9,12,14-16H,7-8,10-11H2,1H3. The third kappa shape index (κ3) is 4.56. The van der Waals surface area contributed by atoms with Crippen LogP contribution in [-0.2, 0) is 20.7 Å². The van der Waals surface area contributed by atoms with Crippen LogP contribution in [0, 0.1) is 0 Å². The first-order valence-electron chi connectivity index (χ1n) is 7.38. The zero-order valence-corrected chi connectivity index (χ0v) is 12.5. The second-order valence-corrected chi connectivity index (χ2v) is 5.39. The Morgan fingerprint density at radius 2 is 2.14 bits per heavy atom. The molecule has 0 spiro atoms. The van der Waals surface area contributed by atoms with Crippen LogP contribution in [0.4, 0.5) is 8.78 Å². The van der Waals surface area contributed by atoms with E-state index in [2.05, 4.69) is 4.74 Å². The molecule has 0 bridgehead atoms. The van der Waals surface area contributed by atoms with Crippen LogP contribution in [0.25, 0.3) is 0 Å². The molecule has 3 unspecified atom stereocenters. The Kier molecular flexibility index (Phi) is 6.42. The van der Waals surface area contributed by atoms with Crippen molar-refractivity contribution in [3.63, 3.8) is 0 Å². The summed E-state index contributed by atoms with van der Waals surface area (Å²) in [6.45, 7) is -0.266. The monoisotopic (exact) mass is 313 g/mol. The molecule has 0 saturated carbocycles. The normalized spacial score (nSPS) is 26.3. The van der Waals surface area contributed by atoms with Crippen molar-refractivity contribution in [1.29, 1.82) is 0 Å². The Morgan fingerprint density at radius 3 is 2.77 bits per heavy atom. The van der Waals surface area contributed by atoms with Crippen LogP contribution in [0.3, 0.4) is 0 Å². The van der Waals surface area contributed by atoms with Crippen molar-refractivity contribution >= 4 is 6.29 Å². The number of morpholine rings is 1. The Morgan fingerprint density at radius 1 is 1.41 bits per heavy atom. The van der Waals surface area contributed by atoms with Gasteiger partial charge < -0.3 is 14.3 Å². The van der Waals surface area contributed by atoms with E-state index in [1.54, 1.807) is 0 Å². The number of hydrogen-bond acceptors (Lipinski definition) is 4. The molecule has 4 nitrogen and oxygen atoms in total. The number of rotatable bonds is 7. The Balaban J connectivity index is 2.02. The third-order valence-corrected chi connectivity index (χ3v) is 3.94. The van der Waals surface area contributed by atoms with Crippen LogP contribution in [0.1, 0.15) is 12.5 Å². The maximum Gasteiger partial charge on any atom is 0.345 e. The second kappa shape index (κ2) is 8.31. The predicted octanol–water partition coefficient (Wildman–Crippen LogP) is 2.13. The fourth-order valence-corrected chi connectivity index (χ4v) is 2.72. The zero-order chi connectivity index (χ0) is 15.9. The van der Waals surface area contributed by atoms with Crippen LogP contribution >= 0.6 is 0 Å². The molecule has 3 atom stereocenters. The van der Waals surface area contributed by atoms with Crippen molar-refractivity contribution in [3.05, 3.63) is 35.9 Å². The number of aldehydes is 1. The highest BCUT2D eigenvalue weighted by Crippen LogP contribution is 2.19. The zero-order valence-electron chi connectivity index (χ0n) is 12.5. The molecule has 2 rings (SSSR count). The number of carbonyl (C=O) groups is 1. The fraction of sp³-hybridized carbons (Fsp3) is 0.562. The summed E-state index contributed by atoms with van der Waals surface area (Å²) < 4.78 is 34.5. The van der Waals surface area contributed by atoms with E-state index < -0.39 is 12.7 Å². The number of carbonyl (C=O) groups excluding carboxylic acids is 1.